The predicted octanol–water partition coefficient (Wildman–Crippen LogP) is 2.58. The van der Waals surface area contributed by atoms with E-state index in [1.54, 1.807) is 9.58 Å². The number of piperidine rings is 1. The summed E-state index contributed by atoms with van der Waals surface area (Å²) >= 11 is 0. The Hall–Kier alpha value is -1.76. The van der Waals surface area contributed by atoms with Crippen LogP contribution < -0.4 is 0 Å². The summed E-state index contributed by atoms with van der Waals surface area (Å²) in [6.07, 6.45) is 4.06. The Labute approximate surface area is 135 Å². The van der Waals surface area contributed by atoms with Gasteiger partial charge in [0.2, 0.25) is 0 Å². The third-order valence-electron chi connectivity index (χ3n) is 3.34. The van der Waals surface area contributed by atoms with Gasteiger partial charge in [-0.3, -0.25) is 4.68 Å². The van der Waals surface area contributed by atoms with Crippen molar-refractivity contribution < 1.29 is 19.4 Å². The van der Waals surface area contributed by atoms with Crippen molar-refractivity contribution in [3.8, 4) is 0 Å². The molecule has 1 saturated heterocycles. The van der Waals surface area contributed by atoms with E-state index in [0.29, 0.717) is 13.1 Å². The minimum Gasteiger partial charge on any atom is -0.478 e. The highest BCUT2D eigenvalue weighted by atomic mass is 35.5. The fourth-order valence-corrected chi connectivity index (χ4v) is 2.29. The van der Waals surface area contributed by atoms with E-state index in [9.17, 15) is 9.59 Å². The van der Waals surface area contributed by atoms with Crippen LogP contribution in [0.2, 0.25) is 0 Å². The summed E-state index contributed by atoms with van der Waals surface area (Å²) in [6.45, 7) is 6.70. The lowest BCUT2D eigenvalue weighted by molar-refractivity contribution is 0.0184. The zero-order chi connectivity index (χ0) is 15.6. The quantitative estimate of drug-likeness (QED) is 0.900. The molecule has 1 aliphatic heterocycles. The molecule has 22 heavy (non-hydrogen) atoms. The van der Waals surface area contributed by atoms with Crippen molar-refractivity contribution in [2.75, 3.05) is 13.1 Å². The van der Waals surface area contributed by atoms with Crippen LogP contribution in [0.5, 0.6) is 0 Å². The number of ether oxygens (including phenoxy) is 1. The molecule has 1 N–H and O–H groups in total. The predicted molar refractivity (Wildman–Crippen MR) is 82.5 cm³/mol. The van der Waals surface area contributed by atoms with Gasteiger partial charge in [-0.1, -0.05) is 0 Å². The molecule has 0 atom stereocenters. The molecule has 1 aliphatic rings. The van der Waals surface area contributed by atoms with Crippen LogP contribution in [-0.4, -0.2) is 50.5 Å². The second kappa shape index (κ2) is 7.00. The lowest BCUT2D eigenvalue weighted by Crippen LogP contribution is -2.42. The van der Waals surface area contributed by atoms with E-state index >= 15 is 0 Å². The van der Waals surface area contributed by atoms with Gasteiger partial charge in [-0.15, -0.1) is 12.4 Å². The molecule has 0 radical (unpaired) electrons. The molecule has 2 rings (SSSR count). The molecule has 1 fully saturated rings. The van der Waals surface area contributed by atoms with Gasteiger partial charge in [-0.25, -0.2) is 9.59 Å². The molecule has 0 spiro atoms. The fraction of sp³-hybridized carbons (Fsp3) is 0.643. The number of halogens is 1. The molecule has 0 aliphatic carbocycles. The van der Waals surface area contributed by atoms with E-state index in [-0.39, 0.29) is 30.1 Å². The number of amides is 1. The molecule has 0 aromatic carbocycles. The first kappa shape index (κ1) is 18.3. The molecule has 1 amide bonds. The summed E-state index contributed by atoms with van der Waals surface area (Å²) in [7, 11) is 0. The van der Waals surface area contributed by atoms with Crippen molar-refractivity contribution >= 4 is 24.5 Å². The summed E-state index contributed by atoms with van der Waals surface area (Å²) in [4.78, 5) is 24.5. The Balaban J connectivity index is 0.00000242. The summed E-state index contributed by atoms with van der Waals surface area (Å²) in [5.74, 6) is -0.979. The largest absolute Gasteiger partial charge is 0.478 e. The van der Waals surface area contributed by atoms with Crippen molar-refractivity contribution in [3.63, 3.8) is 0 Å². The molecule has 8 heteroatoms. The first-order chi connectivity index (χ1) is 9.76. The number of carboxylic acid groups (broad SMARTS) is 1. The number of rotatable bonds is 2. The minimum absolute atomic E-state index is 0. The van der Waals surface area contributed by atoms with Gasteiger partial charge < -0.3 is 14.7 Å². The third-order valence-corrected chi connectivity index (χ3v) is 3.34. The number of carbonyl (C=O) groups is 2. The van der Waals surface area contributed by atoms with Crippen LogP contribution in [0.4, 0.5) is 4.79 Å². The highest BCUT2D eigenvalue weighted by Crippen LogP contribution is 2.23. The number of carbonyl (C=O) groups excluding carboxylic acids is 1. The van der Waals surface area contributed by atoms with E-state index in [4.69, 9.17) is 9.84 Å². The second-order valence-corrected chi connectivity index (χ2v) is 6.21. The van der Waals surface area contributed by atoms with Gasteiger partial charge in [0.1, 0.15) is 5.60 Å². The Morgan fingerprint density at radius 1 is 1.32 bits per heavy atom. The van der Waals surface area contributed by atoms with Crippen LogP contribution in [0.25, 0.3) is 0 Å². The zero-order valence-corrected chi connectivity index (χ0v) is 13.8. The SMILES string of the molecule is CC(C)(C)OC(=O)N1CCC(n2cc(C(=O)O)cn2)CC1.Cl. The van der Waals surface area contributed by atoms with Crippen LogP contribution in [0, 0.1) is 0 Å². The second-order valence-electron chi connectivity index (χ2n) is 6.21. The highest BCUT2D eigenvalue weighted by molar-refractivity contribution is 5.86. The molecule has 1 aromatic heterocycles. The zero-order valence-electron chi connectivity index (χ0n) is 13.0. The number of hydrogen-bond acceptors (Lipinski definition) is 4. The molecule has 2 heterocycles. The Kier molecular flexibility index (Phi) is 5.82. The standard InChI is InChI=1S/C14H21N3O4.ClH/c1-14(2,3)21-13(20)16-6-4-11(5-7-16)17-9-10(8-15-17)12(18)19;/h8-9,11H,4-7H2,1-3H3,(H,18,19);1H. The number of carboxylic acids is 1. The lowest BCUT2D eigenvalue weighted by atomic mass is 10.1. The van der Waals surface area contributed by atoms with Gasteiger partial charge in [0.25, 0.3) is 0 Å². The van der Waals surface area contributed by atoms with E-state index in [1.165, 1.54) is 12.4 Å². The Bertz CT molecular complexity index is 530. The van der Waals surface area contributed by atoms with Gasteiger partial charge in [0, 0.05) is 19.3 Å². The van der Waals surface area contributed by atoms with Crippen molar-refractivity contribution in [2.45, 2.75) is 45.3 Å². The average Bonchev–Trinajstić information content (AvgIpc) is 2.86. The maximum absolute atomic E-state index is 12.0. The molecule has 1 aromatic rings. The van der Waals surface area contributed by atoms with E-state index in [0.717, 1.165) is 12.8 Å². The number of likely N-dealkylation sites (tertiary alicyclic amines) is 1. The Morgan fingerprint density at radius 2 is 1.91 bits per heavy atom. The first-order valence-electron chi connectivity index (χ1n) is 7.01. The van der Waals surface area contributed by atoms with E-state index in [2.05, 4.69) is 5.10 Å². The normalized spacial score (nSPS) is 16.0. The maximum atomic E-state index is 12.0. The van der Waals surface area contributed by atoms with Gasteiger partial charge in [-0.2, -0.15) is 5.10 Å². The molecule has 0 unspecified atom stereocenters. The number of nitrogens with zero attached hydrogens (tertiary/aromatic N) is 3. The van der Waals surface area contributed by atoms with Gasteiger partial charge >= 0.3 is 12.1 Å². The monoisotopic (exact) mass is 331 g/mol. The van der Waals surface area contributed by atoms with Gasteiger partial charge in [0.15, 0.2) is 0 Å². The fourth-order valence-electron chi connectivity index (χ4n) is 2.29. The smallest absolute Gasteiger partial charge is 0.410 e. The van der Waals surface area contributed by atoms with E-state index < -0.39 is 11.6 Å². The highest BCUT2D eigenvalue weighted by Gasteiger charge is 2.28. The molecular formula is C14H22ClN3O4. The summed E-state index contributed by atoms with van der Waals surface area (Å²) in [5.41, 5.74) is -0.309. The van der Waals surface area contributed by atoms with Crippen LogP contribution in [0.1, 0.15) is 50.0 Å². The lowest BCUT2D eigenvalue weighted by Gasteiger charge is -2.33. The number of hydrogen-bond donors (Lipinski definition) is 1. The van der Waals surface area contributed by atoms with Crippen LogP contribution >= 0.6 is 12.4 Å². The van der Waals surface area contributed by atoms with Gasteiger partial charge in [-0.05, 0) is 33.6 Å². The van der Waals surface area contributed by atoms with Crippen molar-refractivity contribution in [2.24, 2.45) is 0 Å². The summed E-state index contributed by atoms with van der Waals surface area (Å²) < 4.78 is 7.02. The van der Waals surface area contributed by atoms with Crippen LogP contribution in [-0.2, 0) is 4.74 Å². The molecular weight excluding hydrogens is 310 g/mol. The van der Waals surface area contributed by atoms with Crippen molar-refractivity contribution in [3.05, 3.63) is 18.0 Å². The number of aromatic nitrogens is 2. The first-order valence-corrected chi connectivity index (χ1v) is 7.01. The summed E-state index contributed by atoms with van der Waals surface area (Å²) in [6, 6.07) is 0.122. The molecule has 124 valence electrons. The summed E-state index contributed by atoms with van der Waals surface area (Å²) in [5, 5.41) is 13.0. The topological polar surface area (TPSA) is 84.7 Å². The molecule has 7 nitrogen and oxygen atoms in total. The number of aromatic carboxylic acids is 1. The minimum atomic E-state index is -0.979. The van der Waals surface area contributed by atoms with Gasteiger partial charge in [0.05, 0.1) is 17.8 Å². The Morgan fingerprint density at radius 3 is 2.36 bits per heavy atom. The third kappa shape index (κ3) is 4.62. The molecule has 0 saturated carbocycles. The van der Waals surface area contributed by atoms with E-state index in [1.807, 2.05) is 20.8 Å². The maximum Gasteiger partial charge on any atom is 0.410 e. The van der Waals surface area contributed by atoms with Crippen LogP contribution in [0.3, 0.4) is 0 Å². The van der Waals surface area contributed by atoms with Crippen molar-refractivity contribution in [1.29, 1.82) is 0 Å². The van der Waals surface area contributed by atoms with Crippen LogP contribution in [0.15, 0.2) is 12.4 Å². The average molecular weight is 332 g/mol. The van der Waals surface area contributed by atoms with Crippen molar-refractivity contribution in [1.82, 2.24) is 14.7 Å². The molecule has 0 bridgehead atoms.